The summed E-state index contributed by atoms with van der Waals surface area (Å²) in [5.74, 6) is 0. The standard InChI is InChI=1S/C82H57BN4S/c1-82(2,3)56-47-64(53-26-10-5-11-27-53)80(65(48-56)54-28-12-6-13-29-54)87-75-49-58(85-69-36-20-16-32-60(69)61-33-17-21-37-70(61)85)41-42-67(75)83-68-43-45-74-78(66-46-55(52-24-8-4-9-25-52)40-44-73(66)84(74)57-30-14-7-15-31-57)81(68)88-77-51-59(50-76(87)79(77)83)86-71-38-22-18-34-62(71)63-35-19-23-39-72(63)86/h4-51H,1-3H3/i16D,17D,18D,19D,20D,21D,22D,23D,32D,33D,34D,35D,36D,37D,38D,39D. The molecule has 0 spiro atoms. The Kier molecular flexibility index (Phi) is 8.23. The Balaban J connectivity index is 1.07. The van der Waals surface area contributed by atoms with E-state index in [-0.39, 0.29) is 49.3 Å². The molecule has 0 bridgehead atoms. The molecular weight excluding hydrogens is 1080 g/mol. The first kappa shape index (κ1) is 37.1. The summed E-state index contributed by atoms with van der Waals surface area (Å²) in [4.78, 5) is 3.78. The molecule has 88 heavy (non-hydrogen) atoms. The van der Waals surface area contributed by atoms with Crippen LogP contribution in [-0.2, 0) is 5.41 Å². The van der Waals surface area contributed by atoms with Crippen molar-refractivity contribution in [3.8, 4) is 50.4 Å². The first-order valence-electron chi connectivity index (χ1n) is 37.3. The zero-order valence-corrected chi connectivity index (χ0v) is 48.6. The molecule has 2 aliphatic heterocycles. The van der Waals surface area contributed by atoms with Gasteiger partial charge in [-0.15, -0.1) is 0 Å². The molecule has 6 heteroatoms. The highest BCUT2D eigenvalue weighted by Gasteiger charge is 2.44. The van der Waals surface area contributed by atoms with Crippen LogP contribution in [0.15, 0.2) is 301 Å². The van der Waals surface area contributed by atoms with Gasteiger partial charge < -0.3 is 18.6 Å². The van der Waals surface area contributed by atoms with Gasteiger partial charge in [-0.1, -0.05) is 238 Å². The molecule has 16 aromatic rings. The van der Waals surface area contributed by atoms with E-state index in [4.69, 9.17) is 5.48 Å². The van der Waals surface area contributed by atoms with E-state index < -0.39 is 109 Å². The summed E-state index contributed by atoms with van der Waals surface area (Å²) in [6.45, 7) is 5.81. The third kappa shape index (κ3) is 7.61. The van der Waals surface area contributed by atoms with Crippen molar-refractivity contribution >= 4 is 117 Å². The van der Waals surface area contributed by atoms with E-state index in [1.165, 1.54) is 4.57 Å². The average molecular weight is 1160 g/mol. The SMILES string of the molecule is [2H]c1c([2H])c([2H])c2c(c1[2H])c1c([2H])c([2H])c([2H])c([2H])c1n2-c1ccc2c(c1)N(c1c(-c3ccccc3)cc(C(C)(C)C)cc1-c1ccccc1)c1cc(-n3c4c([2H])c([2H])c([2H])c([2H])c4c4c([2H])c([2H])c([2H])c([2H])c43)cc3c1B2c1ccc2c(c1S3)c1cc(-c3ccccc3)ccc1n2-c1ccccc1. The summed E-state index contributed by atoms with van der Waals surface area (Å²) in [5.41, 5.74) is 13.2. The molecule has 0 N–H and O–H groups in total. The van der Waals surface area contributed by atoms with Gasteiger partial charge in [0.25, 0.3) is 0 Å². The van der Waals surface area contributed by atoms with Crippen LogP contribution in [0, 0.1) is 0 Å². The van der Waals surface area contributed by atoms with Crippen LogP contribution in [0.25, 0.3) is 116 Å². The van der Waals surface area contributed by atoms with Crippen molar-refractivity contribution < 1.29 is 21.9 Å². The number of hydrogen-bond donors (Lipinski definition) is 0. The molecular formula is C82H57BN4S. The number of benzene rings is 13. The van der Waals surface area contributed by atoms with Crippen molar-refractivity contribution in [2.24, 2.45) is 0 Å². The molecule has 0 fully saturated rings. The normalized spacial score (nSPS) is 15.4. The maximum atomic E-state index is 9.90. The summed E-state index contributed by atoms with van der Waals surface area (Å²) in [6.07, 6.45) is 0. The highest BCUT2D eigenvalue weighted by Crippen LogP contribution is 2.53. The summed E-state index contributed by atoms with van der Waals surface area (Å²) >= 11 is 1.54. The first-order valence-corrected chi connectivity index (χ1v) is 30.1. The fourth-order valence-corrected chi connectivity index (χ4v) is 15.1. The van der Waals surface area contributed by atoms with Crippen LogP contribution in [0.3, 0.4) is 0 Å². The van der Waals surface area contributed by atoms with Crippen LogP contribution in [0.2, 0.25) is 0 Å². The third-order valence-corrected chi connectivity index (χ3v) is 18.9. The van der Waals surface area contributed by atoms with Gasteiger partial charge in [-0.25, -0.2) is 0 Å². The Morgan fingerprint density at radius 3 is 1.41 bits per heavy atom. The van der Waals surface area contributed by atoms with Crippen LogP contribution in [-0.4, -0.2) is 20.4 Å². The van der Waals surface area contributed by atoms with Crippen LogP contribution >= 0.6 is 11.8 Å². The fourth-order valence-electron chi connectivity index (χ4n) is 13.8. The van der Waals surface area contributed by atoms with Gasteiger partial charge in [-0.05, 0) is 135 Å². The summed E-state index contributed by atoms with van der Waals surface area (Å²) in [5, 5.41) is 1.54. The Bertz CT molecular complexity index is 6300. The molecule has 4 nitrogen and oxygen atoms in total. The van der Waals surface area contributed by atoms with Gasteiger partial charge in [0.2, 0.25) is 6.71 Å². The zero-order chi connectivity index (χ0) is 72.3. The monoisotopic (exact) mass is 1160 g/mol. The molecule has 414 valence electrons. The molecule has 0 saturated heterocycles. The van der Waals surface area contributed by atoms with Gasteiger partial charge in [0.05, 0.1) is 60.7 Å². The quantitative estimate of drug-likeness (QED) is 0.148. The molecule has 2 aliphatic rings. The van der Waals surface area contributed by atoms with Gasteiger partial charge in [0, 0.05) is 81.7 Å². The topological polar surface area (TPSA) is 18.0 Å². The summed E-state index contributed by atoms with van der Waals surface area (Å²) in [6, 6.07) is 57.1. The maximum Gasteiger partial charge on any atom is 0.249 e. The van der Waals surface area contributed by atoms with Gasteiger partial charge in [0.1, 0.15) is 0 Å². The Hall–Kier alpha value is -10.5. The van der Waals surface area contributed by atoms with Crippen molar-refractivity contribution in [1.82, 2.24) is 13.7 Å². The van der Waals surface area contributed by atoms with Crippen molar-refractivity contribution in [2.75, 3.05) is 4.90 Å². The van der Waals surface area contributed by atoms with Crippen molar-refractivity contribution in [3.05, 3.63) is 296 Å². The Labute approximate surface area is 538 Å². The molecule has 18 rings (SSSR count). The second kappa shape index (κ2) is 19.5. The minimum atomic E-state index is -0.669. The summed E-state index contributed by atoms with van der Waals surface area (Å²) in [7, 11) is 0. The maximum absolute atomic E-state index is 9.90. The Morgan fingerprint density at radius 1 is 0.375 bits per heavy atom. The fraction of sp³-hybridized carbons (Fsp3) is 0.0488. The molecule has 0 radical (unpaired) electrons. The lowest BCUT2D eigenvalue weighted by Gasteiger charge is -2.42. The smallest absolute Gasteiger partial charge is 0.249 e. The molecule has 5 heterocycles. The molecule has 0 saturated carbocycles. The zero-order valence-electron chi connectivity index (χ0n) is 63.7. The predicted molar refractivity (Wildman–Crippen MR) is 374 cm³/mol. The van der Waals surface area contributed by atoms with E-state index in [0.29, 0.717) is 27.6 Å². The van der Waals surface area contributed by atoms with E-state index in [9.17, 15) is 16.4 Å². The van der Waals surface area contributed by atoms with Crippen molar-refractivity contribution in [3.63, 3.8) is 0 Å². The Morgan fingerprint density at radius 2 is 0.852 bits per heavy atom. The molecule has 0 atom stereocenters. The number of anilines is 3. The summed E-state index contributed by atoms with van der Waals surface area (Å²) < 4.78 is 156. The molecule has 3 aromatic heterocycles. The molecule has 0 amide bonds. The van der Waals surface area contributed by atoms with E-state index >= 15 is 0 Å². The minimum Gasteiger partial charge on any atom is -0.310 e. The van der Waals surface area contributed by atoms with Crippen LogP contribution in [0.4, 0.5) is 17.1 Å². The average Bonchev–Trinajstić information content (AvgIpc) is 1.44. The first-order chi connectivity index (χ1) is 50.0. The number of fused-ring (bicyclic) bond motifs is 14. The lowest BCUT2D eigenvalue weighted by atomic mass is 9.34. The number of aromatic nitrogens is 3. The van der Waals surface area contributed by atoms with E-state index in [2.05, 4.69) is 121 Å². The number of hydrogen-bond acceptors (Lipinski definition) is 2. The molecule has 0 aliphatic carbocycles. The second-order valence-corrected chi connectivity index (χ2v) is 24.7. The highest BCUT2D eigenvalue weighted by molar-refractivity contribution is 8.00. The largest absolute Gasteiger partial charge is 0.310 e. The van der Waals surface area contributed by atoms with Crippen LogP contribution in [0.1, 0.15) is 48.3 Å². The van der Waals surface area contributed by atoms with Gasteiger partial charge in [0.15, 0.2) is 0 Å². The number of nitrogens with zero attached hydrogens (tertiary/aromatic N) is 4. The van der Waals surface area contributed by atoms with Gasteiger partial charge in [-0.3, -0.25) is 0 Å². The van der Waals surface area contributed by atoms with Crippen molar-refractivity contribution in [2.45, 2.75) is 36.0 Å². The predicted octanol–water partition coefficient (Wildman–Crippen LogP) is 20.0. The highest BCUT2D eigenvalue weighted by atomic mass is 32.2. The van der Waals surface area contributed by atoms with E-state index in [0.717, 1.165) is 87.7 Å². The second-order valence-electron chi connectivity index (χ2n) is 23.6. The van der Waals surface area contributed by atoms with Crippen molar-refractivity contribution in [1.29, 1.82) is 0 Å². The van der Waals surface area contributed by atoms with Crippen LogP contribution in [0.5, 0.6) is 0 Å². The third-order valence-electron chi connectivity index (χ3n) is 17.7. The number of rotatable bonds is 7. The van der Waals surface area contributed by atoms with Gasteiger partial charge in [-0.2, -0.15) is 0 Å². The van der Waals surface area contributed by atoms with E-state index in [1.807, 2.05) is 103 Å². The minimum absolute atomic E-state index is 0.0678. The van der Waals surface area contributed by atoms with Gasteiger partial charge >= 0.3 is 0 Å². The van der Waals surface area contributed by atoms with E-state index in [1.54, 1.807) is 16.3 Å². The lowest BCUT2D eigenvalue weighted by Crippen LogP contribution is -2.60. The molecule has 13 aromatic carbocycles. The number of para-hydroxylation sites is 5. The molecule has 0 unspecified atom stereocenters. The lowest BCUT2D eigenvalue weighted by molar-refractivity contribution is 0.591. The van der Waals surface area contributed by atoms with Crippen LogP contribution < -0.4 is 21.3 Å².